The van der Waals surface area contributed by atoms with Gasteiger partial charge in [-0.3, -0.25) is 0 Å². The molecule has 2 nitrogen and oxygen atoms in total. The quantitative estimate of drug-likeness (QED) is 0.514. The maximum Gasteiger partial charge on any atom is 0.262 e. The molecule has 2 atom stereocenters. The van der Waals surface area contributed by atoms with Gasteiger partial charge in [0.1, 0.15) is 22.4 Å². The monoisotopic (exact) mass is 331 g/mol. The summed E-state index contributed by atoms with van der Waals surface area (Å²) >= 11 is 3.50. The maximum atomic E-state index is 13.7. The van der Waals surface area contributed by atoms with Crippen molar-refractivity contribution in [2.24, 2.45) is 0 Å². The number of hydrogen-bond acceptors (Lipinski definition) is 2. The fourth-order valence-corrected chi connectivity index (χ4v) is 2.28. The second-order valence-electron chi connectivity index (χ2n) is 5.10. The third-order valence-corrected chi connectivity index (χ3v) is 4.29. The van der Waals surface area contributed by atoms with E-state index in [9.17, 15) is 22.1 Å². The van der Waals surface area contributed by atoms with Crippen molar-refractivity contribution < 1.29 is 22.1 Å². The molecule has 0 radical (unpaired) electrons. The average molecular weight is 332 g/mol. The van der Waals surface area contributed by atoms with Gasteiger partial charge in [-0.1, -0.05) is 11.6 Å². The lowest BCUT2D eigenvalue weighted by Gasteiger charge is -2.28. The van der Waals surface area contributed by atoms with Crippen LogP contribution in [0.1, 0.15) is 32.4 Å². The summed E-state index contributed by atoms with van der Waals surface area (Å²) in [6.07, 6.45) is -3.06. The van der Waals surface area contributed by atoms with Gasteiger partial charge in [-0.25, -0.2) is 17.6 Å². The molecule has 0 amide bonds. The summed E-state index contributed by atoms with van der Waals surface area (Å²) in [6.45, 7) is 4.70. The molecule has 8 heteroatoms. The van der Waals surface area contributed by atoms with Crippen molar-refractivity contribution in [3.63, 3.8) is 0 Å². The van der Waals surface area contributed by atoms with Gasteiger partial charge >= 0.3 is 0 Å². The molecule has 0 bridgehead atoms. The molecule has 114 valence electrons. The molecule has 1 aromatic carbocycles. The van der Waals surface area contributed by atoms with Crippen LogP contribution in [0.2, 0.25) is 5.02 Å². The zero-order valence-corrected chi connectivity index (χ0v) is 12.6. The highest BCUT2D eigenvalue weighted by Gasteiger charge is 2.35. The van der Waals surface area contributed by atoms with E-state index in [0.29, 0.717) is 12.1 Å². The molecule has 1 unspecified atom stereocenters. The smallest absolute Gasteiger partial charge is 0.262 e. The molecule has 0 fully saturated rings. The summed E-state index contributed by atoms with van der Waals surface area (Å²) in [5.74, 6) is -2.10. The van der Waals surface area contributed by atoms with Gasteiger partial charge < -0.3 is 4.55 Å². The van der Waals surface area contributed by atoms with Crippen molar-refractivity contribution in [3.05, 3.63) is 34.4 Å². The fourth-order valence-electron chi connectivity index (χ4n) is 1.32. The van der Waals surface area contributed by atoms with Crippen molar-refractivity contribution >= 4 is 23.0 Å². The molecule has 0 saturated heterocycles. The van der Waals surface area contributed by atoms with Crippen LogP contribution in [0.3, 0.4) is 0 Å². The standard InChI is InChI=1S/C12H14ClF4NOS/c1-12(2,3)20(19)18-10(11(16)17)6-4-9(15)7(13)5-8(6)14/h4-5,10-11,18H,1-3H3/t10?,20-/m1/s1. The van der Waals surface area contributed by atoms with Gasteiger partial charge in [0.25, 0.3) is 6.43 Å². The molecule has 0 heterocycles. The Balaban J connectivity index is 3.12. The van der Waals surface area contributed by atoms with Crippen LogP contribution in [0.5, 0.6) is 0 Å². The summed E-state index contributed by atoms with van der Waals surface area (Å²) in [6, 6.07) is -0.688. The Morgan fingerprint density at radius 1 is 1.20 bits per heavy atom. The molecule has 0 saturated carbocycles. The SMILES string of the molecule is CC(C)(C)[S@@+]([O-])NC(c1cc(F)c(Cl)cc1F)C(F)F. The third-order valence-electron chi connectivity index (χ3n) is 2.42. The number of nitrogens with one attached hydrogen (secondary N) is 1. The zero-order valence-electron chi connectivity index (χ0n) is 11.0. The topological polar surface area (TPSA) is 35.1 Å². The lowest BCUT2D eigenvalue weighted by molar-refractivity contribution is 0.107. The molecule has 0 aliphatic carbocycles. The first-order chi connectivity index (χ1) is 9.04. The minimum Gasteiger partial charge on any atom is -0.598 e. The molecule has 1 aromatic rings. The Hall–Kier alpha value is -0.500. The lowest BCUT2D eigenvalue weighted by Crippen LogP contribution is -2.43. The van der Waals surface area contributed by atoms with Crippen molar-refractivity contribution in [1.82, 2.24) is 4.72 Å². The zero-order chi connectivity index (χ0) is 15.7. The van der Waals surface area contributed by atoms with E-state index in [0.717, 1.165) is 0 Å². The van der Waals surface area contributed by atoms with Gasteiger partial charge in [0.15, 0.2) is 0 Å². The highest BCUT2D eigenvalue weighted by molar-refractivity contribution is 7.90. The number of halogens is 5. The first kappa shape index (κ1) is 17.6. The second kappa shape index (κ2) is 6.51. The maximum absolute atomic E-state index is 13.7. The Bertz CT molecular complexity index is 481. The third kappa shape index (κ3) is 4.25. The van der Waals surface area contributed by atoms with Gasteiger partial charge in [0, 0.05) is 16.9 Å². The van der Waals surface area contributed by atoms with E-state index >= 15 is 0 Å². The molecule has 0 aromatic heterocycles. The van der Waals surface area contributed by atoms with Crippen LogP contribution in [-0.4, -0.2) is 15.7 Å². The normalized spacial score (nSPS) is 15.5. The van der Waals surface area contributed by atoms with Gasteiger partial charge in [-0.2, -0.15) is 0 Å². The number of rotatable bonds is 4. The average Bonchev–Trinajstić information content (AvgIpc) is 2.29. The van der Waals surface area contributed by atoms with E-state index in [1.807, 2.05) is 0 Å². The Morgan fingerprint density at radius 2 is 1.75 bits per heavy atom. The van der Waals surface area contributed by atoms with E-state index < -0.39 is 50.8 Å². The highest BCUT2D eigenvalue weighted by atomic mass is 35.5. The van der Waals surface area contributed by atoms with Gasteiger partial charge in [0.2, 0.25) is 0 Å². The van der Waals surface area contributed by atoms with Crippen LogP contribution < -0.4 is 4.72 Å². The minimum atomic E-state index is -3.06. The van der Waals surface area contributed by atoms with Crippen molar-refractivity contribution in [2.75, 3.05) is 0 Å². The number of alkyl halides is 2. The van der Waals surface area contributed by atoms with E-state index in [4.69, 9.17) is 11.6 Å². The first-order valence-corrected chi connectivity index (χ1v) is 7.17. The van der Waals surface area contributed by atoms with E-state index in [1.165, 1.54) is 0 Å². The largest absolute Gasteiger partial charge is 0.598 e. The predicted octanol–water partition coefficient (Wildman–Crippen LogP) is 3.98. The molecule has 0 spiro atoms. The van der Waals surface area contributed by atoms with Crippen LogP contribution in [0.25, 0.3) is 0 Å². The number of benzene rings is 1. The predicted molar refractivity (Wildman–Crippen MR) is 71.1 cm³/mol. The minimum absolute atomic E-state index is 0.504. The Kier molecular flexibility index (Phi) is 5.71. The Labute approximate surface area is 122 Å². The summed E-state index contributed by atoms with van der Waals surface area (Å²) < 4.78 is 66.2. The summed E-state index contributed by atoms with van der Waals surface area (Å²) in [4.78, 5) is 0. The Morgan fingerprint density at radius 3 is 2.20 bits per heavy atom. The molecule has 1 N–H and O–H groups in total. The summed E-state index contributed by atoms with van der Waals surface area (Å²) in [5, 5.41) is -0.504. The van der Waals surface area contributed by atoms with Crippen LogP contribution >= 0.6 is 11.6 Å². The van der Waals surface area contributed by atoms with Gasteiger partial charge in [-0.05, 0) is 32.9 Å². The lowest BCUT2D eigenvalue weighted by atomic mass is 10.1. The van der Waals surface area contributed by atoms with Crippen LogP contribution in [0, 0.1) is 11.6 Å². The highest BCUT2D eigenvalue weighted by Crippen LogP contribution is 2.29. The summed E-state index contributed by atoms with van der Waals surface area (Å²) in [7, 11) is 0. The molecule has 20 heavy (non-hydrogen) atoms. The molecular weight excluding hydrogens is 318 g/mol. The van der Waals surface area contributed by atoms with Crippen LogP contribution in [-0.2, 0) is 11.4 Å². The number of hydrogen-bond donors (Lipinski definition) is 1. The van der Waals surface area contributed by atoms with Crippen LogP contribution in [0.15, 0.2) is 12.1 Å². The molecule has 0 aliphatic rings. The van der Waals surface area contributed by atoms with Gasteiger partial charge in [-0.15, -0.1) is 4.72 Å². The molecule has 0 aliphatic heterocycles. The van der Waals surface area contributed by atoms with Crippen molar-refractivity contribution in [2.45, 2.75) is 38.0 Å². The first-order valence-electron chi connectivity index (χ1n) is 5.64. The van der Waals surface area contributed by atoms with Crippen LogP contribution in [0.4, 0.5) is 17.6 Å². The second-order valence-corrected chi connectivity index (χ2v) is 7.50. The fraction of sp³-hybridized carbons (Fsp3) is 0.500. The van der Waals surface area contributed by atoms with E-state index in [2.05, 4.69) is 4.72 Å². The van der Waals surface area contributed by atoms with Crippen molar-refractivity contribution in [1.29, 1.82) is 0 Å². The van der Waals surface area contributed by atoms with E-state index in [-0.39, 0.29) is 0 Å². The summed E-state index contributed by atoms with van der Waals surface area (Å²) in [5.41, 5.74) is -0.612. The van der Waals surface area contributed by atoms with Gasteiger partial charge in [0.05, 0.1) is 5.02 Å². The van der Waals surface area contributed by atoms with E-state index in [1.54, 1.807) is 20.8 Å². The molecular formula is C12H14ClF4NOS. The van der Waals surface area contributed by atoms with Crippen molar-refractivity contribution in [3.8, 4) is 0 Å². The molecule has 1 rings (SSSR count).